The summed E-state index contributed by atoms with van der Waals surface area (Å²) in [6, 6.07) is 8.31. The van der Waals surface area contributed by atoms with Gasteiger partial charge in [-0.25, -0.2) is 0 Å². The van der Waals surface area contributed by atoms with E-state index in [2.05, 4.69) is 29.1 Å². The third kappa shape index (κ3) is 5.84. The predicted octanol–water partition coefficient (Wildman–Crippen LogP) is 1.73. The van der Waals surface area contributed by atoms with Gasteiger partial charge >= 0.3 is 0 Å². The number of hydrogen-bond acceptors (Lipinski definition) is 4. The number of piperazine rings is 1. The van der Waals surface area contributed by atoms with Gasteiger partial charge in [0.15, 0.2) is 0 Å². The van der Waals surface area contributed by atoms with Crippen LogP contribution in [0.2, 0.25) is 0 Å². The van der Waals surface area contributed by atoms with Gasteiger partial charge in [0, 0.05) is 32.2 Å². The lowest BCUT2D eigenvalue weighted by molar-refractivity contribution is -0.123. The van der Waals surface area contributed by atoms with Crippen molar-refractivity contribution < 1.29 is 9.53 Å². The Bertz CT molecular complexity index is 501. The van der Waals surface area contributed by atoms with E-state index in [0.29, 0.717) is 19.1 Å². The van der Waals surface area contributed by atoms with Gasteiger partial charge in [-0.2, -0.15) is 0 Å². The summed E-state index contributed by atoms with van der Waals surface area (Å²) in [5, 5.41) is 3.00. The predicted molar refractivity (Wildman–Crippen MR) is 92.6 cm³/mol. The Hall–Kier alpha value is -1.59. The fourth-order valence-electron chi connectivity index (χ4n) is 2.81. The Morgan fingerprint density at radius 2 is 2.00 bits per heavy atom. The maximum Gasteiger partial charge on any atom is 0.234 e. The number of benzene rings is 1. The zero-order chi connectivity index (χ0) is 16.8. The number of ether oxygens (including phenoxy) is 1. The molecule has 0 spiro atoms. The molecule has 1 aliphatic rings. The molecule has 0 bridgehead atoms. The van der Waals surface area contributed by atoms with Crippen molar-refractivity contribution >= 4 is 5.91 Å². The van der Waals surface area contributed by atoms with Gasteiger partial charge in [-0.15, -0.1) is 0 Å². The summed E-state index contributed by atoms with van der Waals surface area (Å²) in [4.78, 5) is 16.7. The highest BCUT2D eigenvalue weighted by Gasteiger charge is 2.22. The molecule has 1 aromatic rings. The number of nitrogens with one attached hydrogen (secondary N) is 1. The first-order chi connectivity index (χ1) is 10.9. The molecule has 0 aliphatic carbocycles. The topological polar surface area (TPSA) is 44.8 Å². The van der Waals surface area contributed by atoms with Crippen LogP contribution in [0.25, 0.3) is 0 Å². The van der Waals surface area contributed by atoms with Crippen LogP contribution in [-0.4, -0.2) is 61.1 Å². The molecule has 1 aliphatic heterocycles. The van der Waals surface area contributed by atoms with Crippen LogP contribution in [0.1, 0.15) is 26.3 Å². The van der Waals surface area contributed by atoms with Crippen LogP contribution >= 0.6 is 0 Å². The first kappa shape index (κ1) is 17.8. The molecule has 0 unspecified atom stereocenters. The zero-order valence-corrected chi connectivity index (χ0v) is 14.7. The minimum absolute atomic E-state index is 0.0870. The van der Waals surface area contributed by atoms with Gasteiger partial charge in [0.2, 0.25) is 5.91 Å². The number of rotatable bonds is 6. The first-order valence-corrected chi connectivity index (χ1v) is 8.39. The number of carbonyl (C=O) groups is 1. The van der Waals surface area contributed by atoms with Gasteiger partial charge < -0.3 is 15.0 Å². The van der Waals surface area contributed by atoms with Crippen molar-refractivity contribution in [3.05, 3.63) is 29.8 Å². The van der Waals surface area contributed by atoms with Crippen molar-refractivity contribution in [3.63, 3.8) is 0 Å². The van der Waals surface area contributed by atoms with Crippen LogP contribution in [0.15, 0.2) is 24.3 Å². The van der Waals surface area contributed by atoms with Crippen LogP contribution in [0.3, 0.4) is 0 Å². The smallest absolute Gasteiger partial charge is 0.234 e. The lowest BCUT2D eigenvalue weighted by Gasteiger charge is -2.37. The average molecular weight is 319 g/mol. The Morgan fingerprint density at radius 3 is 2.61 bits per heavy atom. The fourth-order valence-corrected chi connectivity index (χ4v) is 2.81. The Kier molecular flexibility index (Phi) is 6.42. The lowest BCUT2D eigenvalue weighted by atomic mass is 10.2. The second-order valence-corrected chi connectivity index (χ2v) is 6.67. The minimum atomic E-state index is 0.0870. The van der Waals surface area contributed by atoms with Crippen LogP contribution in [0, 0.1) is 0 Å². The molecule has 5 heteroatoms. The quantitative estimate of drug-likeness (QED) is 0.867. The summed E-state index contributed by atoms with van der Waals surface area (Å²) in [7, 11) is 2.13. The molecule has 1 amide bonds. The molecular formula is C18H29N3O2. The molecule has 1 aromatic carbocycles. The summed E-state index contributed by atoms with van der Waals surface area (Å²) in [6.07, 6.45) is 0.172. The number of hydrogen-bond donors (Lipinski definition) is 1. The Balaban J connectivity index is 1.75. The van der Waals surface area contributed by atoms with E-state index in [-0.39, 0.29) is 12.0 Å². The normalized spacial score (nSPS) is 19.8. The third-order valence-electron chi connectivity index (χ3n) is 4.10. The van der Waals surface area contributed by atoms with E-state index in [9.17, 15) is 4.79 Å². The SMILES string of the molecule is CC(C)Oc1ccc(CNC(=O)CN2CCN(C)C[C@H]2C)cc1. The molecule has 5 nitrogen and oxygen atoms in total. The highest BCUT2D eigenvalue weighted by Crippen LogP contribution is 2.13. The van der Waals surface area contributed by atoms with Crippen LogP contribution < -0.4 is 10.1 Å². The molecule has 1 N–H and O–H groups in total. The molecule has 1 atom stereocenters. The highest BCUT2D eigenvalue weighted by molar-refractivity contribution is 5.78. The molecule has 0 saturated carbocycles. The maximum atomic E-state index is 12.1. The van der Waals surface area contributed by atoms with E-state index in [1.807, 2.05) is 38.1 Å². The largest absolute Gasteiger partial charge is 0.491 e. The van der Waals surface area contributed by atoms with Crippen molar-refractivity contribution in [1.29, 1.82) is 0 Å². The fraction of sp³-hybridized carbons (Fsp3) is 0.611. The molecule has 1 saturated heterocycles. The van der Waals surface area contributed by atoms with Gasteiger partial charge in [0.25, 0.3) is 0 Å². The molecule has 128 valence electrons. The van der Waals surface area contributed by atoms with Gasteiger partial charge in [-0.1, -0.05) is 12.1 Å². The summed E-state index contributed by atoms with van der Waals surface area (Å²) in [6.45, 7) is 10.2. The van der Waals surface area contributed by atoms with Crippen molar-refractivity contribution in [2.24, 2.45) is 0 Å². The number of carbonyl (C=O) groups excluding carboxylic acids is 1. The molecule has 1 fully saturated rings. The number of amides is 1. The second-order valence-electron chi connectivity index (χ2n) is 6.67. The minimum Gasteiger partial charge on any atom is -0.491 e. The average Bonchev–Trinajstić information content (AvgIpc) is 2.49. The van der Waals surface area contributed by atoms with E-state index in [1.54, 1.807) is 0 Å². The van der Waals surface area contributed by atoms with Gasteiger partial charge in [0.1, 0.15) is 5.75 Å². The molecule has 1 heterocycles. The maximum absolute atomic E-state index is 12.1. The second kappa shape index (κ2) is 8.31. The van der Waals surface area contributed by atoms with Crippen LogP contribution in [0.5, 0.6) is 5.75 Å². The molecular weight excluding hydrogens is 290 g/mol. The monoisotopic (exact) mass is 319 g/mol. The summed E-state index contributed by atoms with van der Waals surface area (Å²) in [5.74, 6) is 0.949. The van der Waals surface area contributed by atoms with Crippen molar-refractivity contribution in [1.82, 2.24) is 15.1 Å². The molecule has 2 rings (SSSR count). The van der Waals surface area contributed by atoms with Gasteiger partial charge in [-0.3, -0.25) is 9.69 Å². The summed E-state index contributed by atoms with van der Waals surface area (Å²) >= 11 is 0. The number of nitrogens with zero attached hydrogens (tertiary/aromatic N) is 2. The third-order valence-corrected chi connectivity index (χ3v) is 4.10. The Labute approximate surface area is 139 Å². The summed E-state index contributed by atoms with van der Waals surface area (Å²) in [5.41, 5.74) is 1.08. The van der Waals surface area contributed by atoms with Crippen LogP contribution in [0.4, 0.5) is 0 Å². The van der Waals surface area contributed by atoms with E-state index in [4.69, 9.17) is 4.74 Å². The van der Waals surface area contributed by atoms with Gasteiger partial charge in [0.05, 0.1) is 12.6 Å². The van der Waals surface area contributed by atoms with Crippen molar-refractivity contribution in [2.45, 2.75) is 39.5 Å². The number of likely N-dealkylation sites (N-methyl/N-ethyl adjacent to an activating group) is 1. The zero-order valence-electron chi connectivity index (χ0n) is 14.7. The van der Waals surface area contributed by atoms with Crippen LogP contribution in [-0.2, 0) is 11.3 Å². The lowest BCUT2D eigenvalue weighted by Crippen LogP contribution is -2.53. The Morgan fingerprint density at radius 1 is 1.30 bits per heavy atom. The molecule has 0 aromatic heterocycles. The van der Waals surface area contributed by atoms with Crippen molar-refractivity contribution in [3.8, 4) is 5.75 Å². The van der Waals surface area contributed by atoms with E-state index in [0.717, 1.165) is 30.9 Å². The summed E-state index contributed by atoms with van der Waals surface area (Å²) < 4.78 is 5.62. The highest BCUT2D eigenvalue weighted by atomic mass is 16.5. The van der Waals surface area contributed by atoms with Gasteiger partial charge in [-0.05, 0) is 45.5 Å². The standard InChI is InChI=1S/C18H29N3O2/c1-14(2)23-17-7-5-16(6-8-17)11-19-18(22)13-21-10-9-20(4)12-15(21)3/h5-8,14-15H,9-13H2,1-4H3,(H,19,22)/t15-/m1/s1. The van der Waals surface area contributed by atoms with E-state index < -0.39 is 0 Å². The van der Waals surface area contributed by atoms with E-state index in [1.165, 1.54) is 0 Å². The first-order valence-electron chi connectivity index (χ1n) is 8.39. The van der Waals surface area contributed by atoms with Crippen molar-refractivity contribution in [2.75, 3.05) is 33.2 Å². The molecule has 23 heavy (non-hydrogen) atoms. The molecule has 0 radical (unpaired) electrons. The van der Waals surface area contributed by atoms with E-state index >= 15 is 0 Å².